The lowest BCUT2D eigenvalue weighted by molar-refractivity contribution is -0.118. The van der Waals surface area contributed by atoms with Crippen LogP contribution < -0.4 is 27.5 Å². The molecule has 0 aliphatic rings. The Morgan fingerprint density at radius 1 is 1.37 bits per heavy atom. The number of nitrogens with two attached hydrogens (primary N) is 1. The molecule has 11 heteroatoms. The van der Waals surface area contributed by atoms with Crippen LogP contribution in [0.15, 0.2) is 35.4 Å². The average molecular weight is 424 g/mol. The van der Waals surface area contributed by atoms with E-state index in [1.807, 2.05) is 31.2 Å². The lowest BCUT2D eigenvalue weighted by Crippen LogP contribution is -2.37. The van der Waals surface area contributed by atoms with E-state index in [1.165, 1.54) is 18.3 Å². The second-order valence-corrected chi connectivity index (χ2v) is 7.05. The number of carbonyl (C=O) groups excluding carboxylic acids is 1. The van der Waals surface area contributed by atoms with E-state index < -0.39 is 0 Å². The van der Waals surface area contributed by atoms with Crippen molar-refractivity contribution < 1.29 is 4.79 Å². The maximum absolute atomic E-state index is 11.1. The molecule has 1 aromatic carbocycles. The summed E-state index contributed by atoms with van der Waals surface area (Å²) in [6.07, 6.45) is 3.70. The summed E-state index contributed by atoms with van der Waals surface area (Å²) < 4.78 is 0. The molecule has 1 heterocycles. The fourth-order valence-electron chi connectivity index (χ4n) is 1.89. The van der Waals surface area contributed by atoms with Crippen LogP contribution >= 0.6 is 35.2 Å². The predicted molar refractivity (Wildman–Crippen MR) is 114 cm³/mol. The molecule has 0 saturated heterocycles. The topological polar surface area (TPSA) is 116 Å². The highest BCUT2D eigenvalue weighted by molar-refractivity contribution is 7.80. The zero-order valence-corrected chi connectivity index (χ0v) is 16.9. The van der Waals surface area contributed by atoms with Gasteiger partial charge < -0.3 is 0 Å². The van der Waals surface area contributed by atoms with E-state index in [1.54, 1.807) is 12.1 Å². The smallest absolute Gasteiger partial charge is 0.235 e. The highest BCUT2D eigenvalue weighted by Gasteiger charge is 2.12. The summed E-state index contributed by atoms with van der Waals surface area (Å²) in [6, 6.07) is 7.38. The van der Waals surface area contributed by atoms with Crippen LogP contribution in [0.25, 0.3) is 6.08 Å². The highest BCUT2D eigenvalue weighted by atomic mass is 35.5. The Labute approximate surface area is 170 Å². The van der Waals surface area contributed by atoms with Gasteiger partial charge in [0.1, 0.15) is 5.71 Å². The first-order chi connectivity index (χ1) is 12.9. The third-order valence-corrected chi connectivity index (χ3v) is 4.64. The van der Waals surface area contributed by atoms with Crippen molar-refractivity contribution in [3.63, 3.8) is 0 Å². The summed E-state index contributed by atoms with van der Waals surface area (Å²) in [5, 5.41) is 5.66. The normalized spacial score (nSPS) is 11.3. The SMILES string of the molecule is CC(=O)NNc1nc(C)c(C(/C=C/c2ccc(Cl)cc2)=N\NC(=S)NN)s1. The van der Waals surface area contributed by atoms with Gasteiger partial charge in [-0.3, -0.25) is 26.5 Å². The Balaban J connectivity index is 2.30. The van der Waals surface area contributed by atoms with Gasteiger partial charge >= 0.3 is 0 Å². The van der Waals surface area contributed by atoms with E-state index in [0.29, 0.717) is 15.9 Å². The van der Waals surface area contributed by atoms with Crippen LogP contribution in [-0.2, 0) is 4.79 Å². The van der Waals surface area contributed by atoms with Crippen molar-refractivity contribution in [1.82, 2.24) is 21.3 Å². The number of benzene rings is 1. The van der Waals surface area contributed by atoms with Crippen molar-refractivity contribution in [1.29, 1.82) is 0 Å². The standard InChI is InChI=1S/C16H18ClN7OS2/c1-9-14(27-16(19-9)24-21-10(2)25)13(22-23-15(26)20-18)8-5-11-3-6-12(17)7-4-11/h3-8H,18H2,1-2H3,(H,19,24)(H,21,25)(H2,20,23,26)/b8-5+,22-13-. The zero-order chi connectivity index (χ0) is 19.8. The molecule has 1 amide bonds. The Kier molecular flexibility index (Phi) is 7.67. The predicted octanol–water partition coefficient (Wildman–Crippen LogP) is 2.32. The van der Waals surface area contributed by atoms with Crippen LogP contribution in [0.2, 0.25) is 5.02 Å². The van der Waals surface area contributed by atoms with Crippen molar-refractivity contribution in [3.05, 3.63) is 51.5 Å². The minimum atomic E-state index is -0.220. The number of allylic oxidation sites excluding steroid dienone is 1. The summed E-state index contributed by atoms with van der Waals surface area (Å²) >= 11 is 12.2. The molecule has 0 fully saturated rings. The summed E-state index contributed by atoms with van der Waals surface area (Å²) in [5.74, 6) is 5.04. The number of anilines is 1. The number of hydrazine groups is 2. The molecule has 0 aliphatic heterocycles. The monoisotopic (exact) mass is 423 g/mol. The van der Waals surface area contributed by atoms with Crippen LogP contribution in [0.3, 0.4) is 0 Å². The zero-order valence-electron chi connectivity index (χ0n) is 14.5. The number of aromatic nitrogens is 1. The molecule has 0 spiro atoms. The van der Waals surface area contributed by atoms with Crippen molar-refractivity contribution in [2.75, 3.05) is 5.43 Å². The molecule has 2 aromatic rings. The first-order valence-corrected chi connectivity index (χ1v) is 9.27. The summed E-state index contributed by atoms with van der Waals surface area (Å²) in [5.41, 5.74) is 12.5. The van der Waals surface area contributed by atoms with E-state index in [2.05, 4.69) is 31.8 Å². The van der Waals surface area contributed by atoms with Crippen molar-refractivity contribution in [2.45, 2.75) is 13.8 Å². The van der Waals surface area contributed by atoms with E-state index in [9.17, 15) is 4.79 Å². The largest absolute Gasteiger partial charge is 0.300 e. The number of hydrazone groups is 1. The molecule has 0 bridgehead atoms. The molecule has 0 saturated carbocycles. The van der Waals surface area contributed by atoms with Gasteiger partial charge in [0.05, 0.1) is 10.6 Å². The van der Waals surface area contributed by atoms with Crippen LogP contribution in [0, 0.1) is 6.92 Å². The second-order valence-electron chi connectivity index (χ2n) is 5.21. The molecule has 0 radical (unpaired) electrons. The van der Waals surface area contributed by atoms with Crippen molar-refractivity contribution >= 4 is 63.1 Å². The summed E-state index contributed by atoms with van der Waals surface area (Å²) in [7, 11) is 0. The van der Waals surface area contributed by atoms with Crippen LogP contribution in [-0.4, -0.2) is 21.7 Å². The van der Waals surface area contributed by atoms with Crippen molar-refractivity contribution in [2.24, 2.45) is 10.9 Å². The molecule has 8 nitrogen and oxygen atoms in total. The third-order valence-electron chi connectivity index (χ3n) is 3.09. The average Bonchev–Trinajstić information content (AvgIpc) is 3.01. The fraction of sp³-hybridized carbons (Fsp3) is 0.125. The number of thiocarbonyl (C=S) groups is 1. The number of hydrogen-bond acceptors (Lipinski definition) is 7. The molecule has 142 valence electrons. The van der Waals surface area contributed by atoms with Gasteiger partial charge in [-0.25, -0.2) is 10.8 Å². The number of rotatable bonds is 6. The van der Waals surface area contributed by atoms with Gasteiger partial charge in [0.25, 0.3) is 0 Å². The molecule has 0 unspecified atom stereocenters. The quantitative estimate of drug-likeness (QED) is 0.209. The maximum Gasteiger partial charge on any atom is 0.235 e. The molecular weight excluding hydrogens is 406 g/mol. The van der Waals surface area contributed by atoms with Crippen molar-refractivity contribution in [3.8, 4) is 0 Å². The minimum Gasteiger partial charge on any atom is -0.300 e. The number of amides is 1. The van der Waals surface area contributed by atoms with Gasteiger partial charge in [-0.2, -0.15) is 5.10 Å². The van der Waals surface area contributed by atoms with Gasteiger partial charge in [-0.05, 0) is 42.9 Å². The Morgan fingerprint density at radius 3 is 2.70 bits per heavy atom. The van der Waals surface area contributed by atoms with Gasteiger partial charge in [-0.15, -0.1) is 0 Å². The van der Waals surface area contributed by atoms with Gasteiger partial charge in [0.2, 0.25) is 16.2 Å². The van der Waals surface area contributed by atoms with Gasteiger partial charge in [0.15, 0.2) is 0 Å². The van der Waals surface area contributed by atoms with Crippen LogP contribution in [0.4, 0.5) is 5.13 Å². The number of halogens is 1. The lowest BCUT2D eigenvalue weighted by Gasteiger charge is -2.04. The number of thiazole rings is 1. The van der Waals surface area contributed by atoms with E-state index in [0.717, 1.165) is 16.1 Å². The fourth-order valence-corrected chi connectivity index (χ4v) is 2.95. The molecule has 2 rings (SSSR count). The van der Waals surface area contributed by atoms with E-state index >= 15 is 0 Å². The van der Waals surface area contributed by atoms with Gasteiger partial charge in [0, 0.05) is 11.9 Å². The summed E-state index contributed by atoms with van der Waals surface area (Å²) in [4.78, 5) is 16.2. The maximum atomic E-state index is 11.1. The Hall–Kier alpha value is -2.53. The molecule has 0 aliphatic carbocycles. The molecule has 0 atom stereocenters. The molecule has 1 aromatic heterocycles. The first-order valence-electron chi connectivity index (χ1n) is 7.67. The molecule has 6 N–H and O–H groups in total. The third kappa shape index (κ3) is 6.61. The first kappa shape index (κ1) is 20.8. The molecular formula is C16H18ClN7OS2. The lowest BCUT2D eigenvalue weighted by atomic mass is 10.1. The van der Waals surface area contributed by atoms with Gasteiger partial charge in [-0.1, -0.05) is 41.1 Å². The number of aryl methyl sites for hydroxylation is 1. The minimum absolute atomic E-state index is 0.172. The Bertz CT molecular complexity index is 877. The Morgan fingerprint density at radius 2 is 2.07 bits per heavy atom. The number of nitrogens with one attached hydrogen (secondary N) is 4. The molecule has 27 heavy (non-hydrogen) atoms. The number of hydrogen-bond donors (Lipinski definition) is 5. The van der Waals surface area contributed by atoms with Crippen LogP contribution in [0.1, 0.15) is 23.1 Å². The number of carbonyl (C=O) groups is 1. The van der Waals surface area contributed by atoms with E-state index in [-0.39, 0.29) is 11.0 Å². The second kappa shape index (κ2) is 9.97. The van der Waals surface area contributed by atoms with Crippen LogP contribution in [0.5, 0.6) is 0 Å². The highest BCUT2D eigenvalue weighted by Crippen LogP contribution is 2.23. The summed E-state index contributed by atoms with van der Waals surface area (Å²) in [6.45, 7) is 3.25. The number of nitrogens with zero attached hydrogens (tertiary/aromatic N) is 2. The van der Waals surface area contributed by atoms with E-state index in [4.69, 9.17) is 29.7 Å².